The molecule has 0 spiro atoms. The third-order valence-electron chi connectivity index (χ3n) is 1.69. The van der Waals surface area contributed by atoms with Crippen molar-refractivity contribution in [1.29, 1.82) is 0 Å². The second-order valence-corrected chi connectivity index (χ2v) is 4.37. The number of hydrogen-bond donors (Lipinski definition) is 0. The molecule has 0 bridgehead atoms. The first-order valence-corrected chi connectivity index (χ1v) is 5.91. The van der Waals surface area contributed by atoms with Gasteiger partial charge in [-0.25, -0.2) is 0 Å². The summed E-state index contributed by atoms with van der Waals surface area (Å²) in [7, 11) is 0. The van der Waals surface area contributed by atoms with Gasteiger partial charge < -0.3 is 0 Å². The van der Waals surface area contributed by atoms with Crippen LogP contribution in [0.2, 0.25) is 5.05 Å². The van der Waals surface area contributed by atoms with Gasteiger partial charge in [0.25, 0.3) is 0 Å². The number of benzene rings is 1. The van der Waals surface area contributed by atoms with Crippen molar-refractivity contribution in [1.82, 2.24) is 0 Å². The SMILES string of the molecule is [CH3][Mg][c]1cc(C)cc(C)c1. The molecule has 1 rings (SSSR count). The van der Waals surface area contributed by atoms with E-state index in [4.69, 9.17) is 0 Å². The van der Waals surface area contributed by atoms with Gasteiger partial charge >= 0.3 is 20.4 Å². The van der Waals surface area contributed by atoms with Gasteiger partial charge in [-0.05, 0) is 13.8 Å². The molecule has 0 saturated carbocycles. The largest absolute Gasteiger partial charge is 0.404 e. The van der Waals surface area contributed by atoms with Gasteiger partial charge in [-0.15, -0.1) is 5.05 Å². The van der Waals surface area contributed by atoms with Gasteiger partial charge in [-0.3, -0.25) is 0 Å². The molecule has 0 heterocycles. The minimum atomic E-state index is 0.0485. The Balaban J connectivity index is 3.06. The monoisotopic (exact) mass is 144 g/mol. The maximum atomic E-state index is 2.33. The smallest absolute Gasteiger partial charge is 0.174 e. The maximum absolute atomic E-state index is 2.33. The normalized spacial score (nSPS) is 9.10. The summed E-state index contributed by atoms with van der Waals surface area (Å²) in [6.07, 6.45) is 0. The summed E-state index contributed by atoms with van der Waals surface area (Å²) in [5.41, 5.74) is 2.81. The average Bonchev–Trinajstić information content (AvgIpc) is 1.85. The van der Waals surface area contributed by atoms with Gasteiger partial charge in [0.05, 0.1) is 0 Å². The van der Waals surface area contributed by atoms with E-state index in [9.17, 15) is 0 Å². The molecule has 1 aromatic rings. The lowest BCUT2D eigenvalue weighted by molar-refractivity contribution is 1.40. The highest BCUT2D eigenvalue weighted by atomic mass is 24.5. The molecule has 1 aromatic carbocycles. The predicted octanol–water partition coefficient (Wildman–Crippen LogP) is 1.68. The Morgan fingerprint density at radius 3 is 1.90 bits per heavy atom. The molecule has 0 aliphatic rings. The van der Waals surface area contributed by atoms with E-state index in [0.717, 1.165) is 0 Å². The standard InChI is InChI=1S/C8H9.CH3.Mg/c1-7-4-3-5-8(2)6-7;;/h4-6H,1-2H3;1H3;. The van der Waals surface area contributed by atoms with Crippen molar-refractivity contribution in [3.63, 3.8) is 0 Å². The fraction of sp³-hybridized carbons (Fsp3) is 0.333. The van der Waals surface area contributed by atoms with Gasteiger partial charge in [0.1, 0.15) is 0 Å². The zero-order chi connectivity index (χ0) is 7.56. The molecule has 0 aliphatic heterocycles. The molecule has 0 aromatic heterocycles. The fourth-order valence-electron chi connectivity index (χ4n) is 1.27. The lowest BCUT2D eigenvalue weighted by Gasteiger charge is -2.00. The Bertz CT molecular complexity index is 208. The molecule has 0 unspecified atom stereocenters. The van der Waals surface area contributed by atoms with Crippen LogP contribution in [0.25, 0.3) is 0 Å². The third-order valence-corrected chi connectivity index (χ3v) is 2.91. The van der Waals surface area contributed by atoms with Gasteiger partial charge in [0.15, 0.2) is 0 Å². The summed E-state index contributed by atoms with van der Waals surface area (Å²) in [4.78, 5) is 0. The molecule has 0 radical (unpaired) electrons. The van der Waals surface area contributed by atoms with Crippen LogP contribution in [0.5, 0.6) is 0 Å². The van der Waals surface area contributed by atoms with Crippen molar-refractivity contribution >= 4 is 24.1 Å². The van der Waals surface area contributed by atoms with Crippen molar-refractivity contribution in [2.45, 2.75) is 18.9 Å². The molecule has 0 saturated heterocycles. The van der Waals surface area contributed by atoms with E-state index >= 15 is 0 Å². The zero-order valence-electron chi connectivity index (χ0n) is 6.94. The summed E-state index contributed by atoms with van der Waals surface area (Å²) in [6, 6.07) is 6.84. The second-order valence-electron chi connectivity index (χ2n) is 2.85. The van der Waals surface area contributed by atoms with Crippen LogP contribution in [0.15, 0.2) is 18.2 Å². The Hall–Kier alpha value is -0.0138. The first kappa shape index (κ1) is 8.09. The average molecular weight is 144 g/mol. The zero-order valence-corrected chi connectivity index (χ0v) is 8.35. The van der Waals surface area contributed by atoms with Gasteiger partial charge in [-0.1, -0.05) is 29.3 Å². The number of rotatable bonds is 1. The van der Waals surface area contributed by atoms with E-state index in [1.165, 1.54) is 11.1 Å². The van der Waals surface area contributed by atoms with E-state index in [-0.39, 0.29) is 20.4 Å². The molecule has 0 aliphatic carbocycles. The molecule has 0 atom stereocenters. The topological polar surface area (TPSA) is 0 Å². The third kappa shape index (κ3) is 1.99. The number of hydrogen-bond acceptors (Lipinski definition) is 0. The van der Waals surface area contributed by atoms with Crippen LogP contribution in [0.3, 0.4) is 0 Å². The second kappa shape index (κ2) is 3.40. The molecule has 0 fully saturated rings. The van der Waals surface area contributed by atoms with Crippen LogP contribution in [-0.4, -0.2) is 20.4 Å². The predicted molar refractivity (Wildman–Crippen MR) is 47.2 cm³/mol. The van der Waals surface area contributed by atoms with Crippen LogP contribution in [0, 0.1) is 13.8 Å². The minimum absolute atomic E-state index is 0.0485. The van der Waals surface area contributed by atoms with E-state index in [1.807, 2.05) is 0 Å². The van der Waals surface area contributed by atoms with E-state index in [0.29, 0.717) is 0 Å². The van der Waals surface area contributed by atoms with E-state index < -0.39 is 0 Å². The van der Waals surface area contributed by atoms with Crippen LogP contribution >= 0.6 is 0 Å². The van der Waals surface area contributed by atoms with E-state index in [1.54, 1.807) is 3.69 Å². The van der Waals surface area contributed by atoms with Crippen molar-refractivity contribution in [3.8, 4) is 0 Å². The number of aryl methyl sites for hydroxylation is 2. The van der Waals surface area contributed by atoms with Gasteiger partial charge in [0.2, 0.25) is 0 Å². The molecular formula is C9H12Mg. The van der Waals surface area contributed by atoms with Crippen LogP contribution in [-0.2, 0) is 0 Å². The summed E-state index contributed by atoms with van der Waals surface area (Å²) in [5, 5.41) is 2.33. The summed E-state index contributed by atoms with van der Waals surface area (Å²) >= 11 is 0.0485. The minimum Gasteiger partial charge on any atom is -0.174 e. The molecule has 10 heavy (non-hydrogen) atoms. The van der Waals surface area contributed by atoms with Gasteiger partial charge in [0, 0.05) is 0 Å². The Kier molecular flexibility index (Phi) is 2.75. The highest BCUT2D eigenvalue weighted by Crippen LogP contribution is 1.98. The quantitative estimate of drug-likeness (QED) is 0.526. The molecular weight excluding hydrogens is 132 g/mol. The van der Waals surface area contributed by atoms with Crippen molar-refractivity contribution in [3.05, 3.63) is 29.3 Å². The van der Waals surface area contributed by atoms with Crippen LogP contribution < -0.4 is 3.69 Å². The molecule has 50 valence electrons. The summed E-state index contributed by atoms with van der Waals surface area (Å²) in [6.45, 7) is 4.33. The highest BCUT2D eigenvalue weighted by Gasteiger charge is 1.93. The highest BCUT2D eigenvalue weighted by molar-refractivity contribution is 6.51. The Morgan fingerprint density at radius 1 is 1.00 bits per heavy atom. The molecule has 0 nitrogen and oxygen atoms in total. The lowest BCUT2D eigenvalue weighted by atomic mass is 10.2. The van der Waals surface area contributed by atoms with E-state index in [2.05, 4.69) is 37.1 Å². The Morgan fingerprint density at radius 2 is 1.50 bits per heavy atom. The summed E-state index contributed by atoms with van der Waals surface area (Å²) < 4.78 is 1.58. The molecule has 0 N–H and O–H groups in total. The van der Waals surface area contributed by atoms with Crippen molar-refractivity contribution < 1.29 is 0 Å². The van der Waals surface area contributed by atoms with Gasteiger partial charge in [-0.2, -0.15) is 3.69 Å². The fourth-order valence-corrected chi connectivity index (χ4v) is 2.33. The molecule has 0 amide bonds. The van der Waals surface area contributed by atoms with Crippen LogP contribution in [0.1, 0.15) is 11.1 Å². The first-order chi connectivity index (χ1) is 4.72. The Labute approximate surface area is 72.4 Å². The molecule has 1 heteroatoms. The van der Waals surface area contributed by atoms with Crippen molar-refractivity contribution in [2.75, 3.05) is 0 Å². The van der Waals surface area contributed by atoms with Crippen molar-refractivity contribution in [2.24, 2.45) is 0 Å². The lowest BCUT2D eigenvalue weighted by Crippen LogP contribution is -2.10. The summed E-state index contributed by atoms with van der Waals surface area (Å²) in [5.74, 6) is 0. The maximum Gasteiger partial charge on any atom is 0.404 e. The first-order valence-electron chi connectivity index (χ1n) is 3.79. The van der Waals surface area contributed by atoms with Crippen LogP contribution in [0.4, 0.5) is 0 Å².